The number of nitrogens with one attached hydrogen (secondary N) is 1. The molecule has 6 nitrogen and oxygen atoms in total. The molecule has 1 aromatic heterocycles. The largest absolute Gasteiger partial charge is 0.494 e. The third-order valence-corrected chi connectivity index (χ3v) is 4.07. The molecule has 0 aliphatic heterocycles. The molecule has 0 spiro atoms. The van der Waals surface area contributed by atoms with Gasteiger partial charge in [-0.2, -0.15) is 0 Å². The number of amides is 1. The molecule has 0 unspecified atom stereocenters. The van der Waals surface area contributed by atoms with Crippen molar-refractivity contribution in [2.75, 3.05) is 25.5 Å². The monoisotopic (exact) mass is 380 g/mol. The molecule has 0 aliphatic carbocycles. The molecule has 0 saturated carbocycles. The van der Waals surface area contributed by atoms with Crippen LogP contribution < -0.4 is 14.8 Å². The third kappa shape index (κ3) is 5.54. The van der Waals surface area contributed by atoms with Gasteiger partial charge in [0.1, 0.15) is 23.0 Å². The number of nitrogens with zero attached hydrogens (tertiary/aromatic N) is 1. The molecule has 0 radical (unpaired) electrons. The van der Waals surface area contributed by atoms with Crippen molar-refractivity contribution in [1.29, 1.82) is 0 Å². The number of carbonyl (C=O) groups is 1. The fourth-order valence-electron chi connectivity index (χ4n) is 2.58. The summed E-state index contributed by atoms with van der Waals surface area (Å²) in [4.78, 5) is 13.8. The molecule has 6 heteroatoms. The second kappa shape index (κ2) is 9.50. The fourth-order valence-corrected chi connectivity index (χ4v) is 2.58. The van der Waals surface area contributed by atoms with Crippen molar-refractivity contribution in [3.63, 3.8) is 0 Å². The first-order valence-electron chi connectivity index (χ1n) is 9.15. The lowest BCUT2D eigenvalue weighted by Crippen LogP contribution is -2.31. The first kappa shape index (κ1) is 19.4. The molecule has 3 aromatic rings. The van der Waals surface area contributed by atoms with Crippen LogP contribution in [0.2, 0.25) is 0 Å². The minimum Gasteiger partial charge on any atom is -0.494 e. The molecule has 0 saturated heterocycles. The van der Waals surface area contributed by atoms with Crippen LogP contribution in [0.25, 0.3) is 0 Å². The van der Waals surface area contributed by atoms with E-state index in [0.717, 1.165) is 28.7 Å². The van der Waals surface area contributed by atoms with Crippen LogP contribution in [-0.4, -0.2) is 31.0 Å². The maximum absolute atomic E-state index is 12.2. The normalized spacial score (nSPS) is 10.4. The molecule has 0 atom stereocenters. The highest BCUT2D eigenvalue weighted by atomic mass is 16.5. The van der Waals surface area contributed by atoms with Gasteiger partial charge in [-0.05, 0) is 67.6 Å². The van der Waals surface area contributed by atoms with E-state index in [9.17, 15) is 4.79 Å². The first-order chi connectivity index (χ1) is 13.6. The summed E-state index contributed by atoms with van der Waals surface area (Å²) in [7, 11) is 1.75. The molecule has 1 heterocycles. The topological polar surface area (TPSA) is 63.9 Å². The van der Waals surface area contributed by atoms with Gasteiger partial charge in [-0.15, -0.1) is 0 Å². The second-order valence-corrected chi connectivity index (χ2v) is 6.21. The van der Waals surface area contributed by atoms with Gasteiger partial charge in [0.25, 0.3) is 0 Å². The Kier molecular flexibility index (Phi) is 6.57. The van der Waals surface area contributed by atoms with Gasteiger partial charge in [0.2, 0.25) is 5.91 Å². The highest BCUT2D eigenvalue weighted by molar-refractivity contribution is 5.80. The van der Waals surface area contributed by atoms with Gasteiger partial charge in [0.05, 0.1) is 26.0 Å². The minimum absolute atomic E-state index is 0.0221. The Morgan fingerprint density at radius 2 is 1.64 bits per heavy atom. The van der Waals surface area contributed by atoms with Gasteiger partial charge in [0, 0.05) is 12.7 Å². The minimum atomic E-state index is -0.0221. The van der Waals surface area contributed by atoms with E-state index in [1.165, 1.54) is 0 Å². The third-order valence-electron chi connectivity index (χ3n) is 4.07. The summed E-state index contributed by atoms with van der Waals surface area (Å²) in [5, 5.41) is 3.12. The van der Waals surface area contributed by atoms with E-state index < -0.39 is 0 Å². The van der Waals surface area contributed by atoms with Crippen molar-refractivity contribution in [3.05, 3.63) is 72.7 Å². The SMILES string of the molecule is CCOc1ccc(Oc2ccc(NCC(=O)N(C)Cc3ccco3)cc2)cc1. The maximum Gasteiger partial charge on any atom is 0.242 e. The fraction of sp³-hybridized carbons (Fsp3) is 0.227. The molecule has 1 N–H and O–H groups in total. The van der Waals surface area contributed by atoms with Crippen LogP contribution in [0.1, 0.15) is 12.7 Å². The molecule has 2 aromatic carbocycles. The predicted molar refractivity (Wildman–Crippen MR) is 108 cm³/mol. The Morgan fingerprint density at radius 1 is 1.00 bits per heavy atom. The van der Waals surface area contributed by atoms with Crippen LogP contribution in [0, 0.1) is 0 Å². The summed E-state index contributed by atoms with van der Waals surface area (Å²) in [6.45, 7) is 3.24. The van der Waals surface area contributed by atoms with Crippen molar-refractivity contribution >= 4 is 11.6 Å². The van der Waals surface area contributed by atoms with E-state index in [1.807, 2.05) is 67.6 Å². The van der Waals surface area contributed by atoms with Gasteiger partial charge in [0.15, 0.2) is 0 Å². The quantitative estimate of drug-likeness (QED) is 0.590. The summed E-state index contributed by atoms with van der Waals surface area (Å²) in [6.07, 6.45) is 1.60. The highest BCUT2D eigenvalue weighted by Gasteiger charge is 2.10. The zero-order valence-electron chi connectivity index (χ0n) is 16.1. The Balaban J connectivity index is 1.48. The smallest absolute Gasteiger partial charge is 0.242 e. The average Bonchev–Trinajstić information content (AvgIpc) is 3.22. The molecular formula is C22H24N2O4. The Morgan fingerprint density at radius 3 is 2.25 bits per heavy atom. The average molecular weight is 380 g/mol. The molecule has 3 rings (SSSR count). The molecule has 0 fully saturated rings. The van der Waals surface area contributed by atoms with Crippen molar-refractivity contribution in [3.8, 4) is 17.2 Å². The molecule has 146 valence electrons. The summed E-state index contributed by atoms with van der Waals surface area (Å²) < 4.78 is 16.5. The van der Waals surface area contributed by atoms with E-state index in [4.69, 9.17) is 13.9 Å². The van der Waals surface area contributed by atoms with E-state index in [1.54, 1.807) is 18.2 Å². The Bertz CT molecular complexity index is 859. The summed E-state index contributed by atoms with van der Waals surface area (Å²) in [6, 6.07) is 18.6. The van der Waals surface area contributed by atoms with Gasteiger partial charge in [-0.3, -0.25) is 4.79 Å². The van der Waals surface area contributed by atoms with Crippen molar-refractivity contribution in [2.24, 2.45) is 0 Å². The summed E-state index contributed by atoms with van der Waals surface area (Å²) >= 11 is 0. The zero-order valence-corrected chi connectivity index (χ0v) is 16.1. The van der Waals surface area contributed by atoms with Crippen LogP contribution in [-0.2, 0) is 11.3 Å². The summed E-state index contributed by atoms with van der Waals surface area (Å²) in [5.74, 6) is 3.00. The van der Waals surface area contributed by atoms with Crippen LogP contribution in [0.5, 0.6) is 17.2 Å². The van der Waals surface area contributed by atoms with Crippen LogP contribution >= 0.6 is 0 Å². The summed E-state index contributed by atoms with van der Waals surface area (Å²) in [5.41, 5.74) is 0.846. The van der Waals surface area contributed by atoms with Crippen LogP contribution in [0.15, 0.2) is 71.3 Å². The van der Waals surface area contributed by atoms with Gasteiger partial charge < -0.3 is 24.1 Å². The van der Waals surface area contributed by atoms with Crippen molar-refractivity contribution in [2.45, 2.75) is 13.5 Å². The Hall–Kier alpha value is -3.41. The van der Waals surface area contributed by atoms with E-state index in [2.05, 4.69) is 5.32 Å². The van der Waals surface area contributed by atoms with Crippen LogP contribution in [0.3, 0.4) is 0 Å². The van der Waals surface area contributed by atoms with Gasteiger partial charge in [-0.25, -0.2) is 0 Å². The number of likely N-dealkylation sites (N-methyl/N-ethyl adjacent to an activating group) is 1. The van der Waals surface area contributed by atoms with Gasteiger partial charge in [-0.1, -0.05) is 0 Å². The van der Waals surface area contributed by atoms with Crippen molar-refractivity contribution in [1.82, 2.24) is 4.90 Å². The van der Waals surface area contributed by atoms with E-state index in [-0.39, 0.29) is 12.5 Å². The van der Waals surface area contributed by atoms with E-state index >= 15 is 0 Å². The van der Waals surface area contributed by atoms with Gasteiger partial charge >= 0.3 is 0 Å². The number of carbonyl (C=O) groups excluding carboxylic acids is 1. The lowest BCUT2D eigenvalue weighted by atomic mass is 10.3. The number of anilines is 1. The lowest BCUT2D eigenvalue weighted by molar-refractivity contribution is -0.128. The maximum atomic E-state index is 12.2. The first-order valence-corrected chi connectivity index (χ1v) is 9.15. The number of furan rings is 1. The lowest BCUT2D eigenvalue weighted by Gasteiger charge is -2.16. The molecule has 0 aliphatic rings. The number of rotatable bonds is 9. The number of ether oxygens (including phenoxy) is 2. The molecule has 28 heavy (non-hydrogen) atoms. The second-order valence-electron chi connectivity index (χ2n) is 6.21. The molecule has 1 amide bonds. The number of benzene rings is 2. The number of hydrogen-bond acceptors (Lipinski definition) is 5. The molecule has 0 bridgehead atoms. The standard InChI is InChI=1S/C22H24N2O4/c1-3-26-18-10-12-20(13-11-18)28-19-8-6-17(7-9-19)23-15-22(25)24(2)16-21-5-4-14-27-21/h4-14,23H,3,15-16H2,1-2H3. The Labute approximate surface area is 164 Å². The highest BCUT2D eigenvalue weighted by Crippen LogP contribution is 2.25. The predicted octanol–water partition coefficient (Wildman–Crippen LogP) is 4.54. The molecular weight excluding hydrogens is 356 g/mol. The number of hydrogen-bond donors (Lipinski definition) is 1. The van der Waals surface area contributed by atoms with Crippen molar-refractivity contribution < 1.29 is 18.7 Å². The van der Waals surface area contributed by atoms with E-state index in [0.29, 0.717) is 13.2 Å². The zero-order chi connectivity index (χ0) is 19.8. The van der Waals surface area contributed by atoms with Crippen LogP contribution in [0.4, 0.5) is 5.69 Å².